The van der Waals surface area contributed by atoms with E-state index in [2.05, 4.69) is 31.0 Å². The van der Waals surface area contributed by atoms with Gasteiger partial charge in [0.25, 0.3) is 0 Å². The number of anilines is 2. The Kier molecular flexibility index (Phi) is 6.65. The van der Waals surface area contributed by atoms with Crippen LogP contribution in [0.25, 0.3) is 11.2 Å². The lowest BCUT2D eigenvalue weighted by Gasteiger charge is -2.27. The lowest BCUT2D eigenvalue weighted by molar-refractivity contribution is -0.0384. The average molecular weight is 514 g/mol. The summed E-state index contributed by atoms with van der Waals surface area (Å²) >= 11 is 0. The van der Waals surface area contributed by atoms with Crippen molar-refractivity contribution in [3.8, 4) is 0 Å². The first-order valence-electron chi connectivity index (χ1n) is 13.3. The zero-order chi connectivity index (χ0) is 25.5. The fraction of sp³-hybridized carbons (Fsp3) is 0.739. The van der Waals surface area contributed by atoms with Crippen molar-refractivity contribution in [2.24, 2.45) is 5.73 Å². The number of nitrogens with zero attached hydrogens (tertiary/aromatic N) is 8. The van der Waals surface area contributed by atoms with E-state index in [4.69, 9.17) is 20.4 Å². The second-order valence-electron chi connectivity index (χ2n) is 10.4. The third-order valence-corrected chi connectivity index (χ3v) is 7.74. The summed E-state index contributed by atoms with van der Waals surface area (Å²) < 4.78 is 7.74. The molecule has 0 bridgehead atoms. The third-order valence-electron chi connectivity index (χ3n) is 7.74. The zero-order valence-electron chi connectivity index (χ0n) is 20.9. The molecule has 1 aliphatic heterocycles. The van der Waals surface area contributed by atoms with E-state index in [1.165, 1.54) is 17.6 Å². The molecule has 14 nitrogen and oxygen atoms in total. The zero-order valence-corrected chi connectivity index (χ0v) is 20.9. The van der Waals surface area contributed by atoms with Crippen molar-refractivity contribution in [1.82, 2.24) is 39.7 Å². The summed E-state index contributed by atoms with van der Waals surface area (Å²) in [5.41, 5.74) is 7.19. The number of aliphatic hydroxyl groups is 2. The average Bonchev–Trinajstić information content (AvgIpc) is 3.70. The van der Waals surface area contributed by atoms with Gasteiger partial charge in [0, 0.05) is 18.1 Å². The number of fused-ring (bicyclic) bond motifs is 1. The van der Waals surface area contributed by atoms with Gasteiger partial charge < -0.3 is 31.3 Å². The van der Waals surface area contributed by atoms with Crippen LogP contribution >= 0.6 is 0 Å². The van der Waals surface area contributed by atoms with Gasteiger partial charge in [0.2, 0.25) is 11.8 Å². The fourth-order valence-corrected chi connectivity index (χ4v) is 5.58. The standard InChI is InChI=1S/C23H35N11O3/c1-2-34-31-20(30-32-34)18-16(35)17(36)22(37-18)33-11-25-15-19(26-13-5-3-4-6-13)28-23(29-21(15)33)27-14-9-7-12(24)8-10-14/h11-14,16-18,22,35-36H,2-10,24H2,1H3,(H2,26,27,28,29)/t12?,14?,16-,17+,18-,22+/m0/s1. The van der Waals surface area contributed by atoms with Crippen LogP contribution < -0.4 is 16.4 Å². The molecule has 3 fully saturated rings. The predicted molar refractivity (Wildman–Crippen MR) is 133 cm³/mol. The minimum atomic E-state index is -1.24. The SMILES string of the molecule is CCn1nnc([C@H]2O[C@@H](n3cnc4c(NC5CCCC5)nc(NC5CCC(N)CC5)nc43)[C@H](O)[C@@H]2O)n1. The molecule has 3 aromatic rings. The summed E-state index contributed by atoms with van der Waals surface area (Å²) in [6.45, 7) is 2.42. The Bertz CT molecular complexity index is 1220. The largest absolute Gasteiger partial charge is 0.387 e. The number of imidazole rings is 1. The topological polar surface area (TPSA) is 187 Å². The highest BCUT2D eigenvalue weighted by atomic mass is 16.6. The highest BCUT2D eigenvalue weighted by Crippen LogP contribution is 2.39. The highest BCUT2D eigenvalue weighted by Gasteiger charge is 2.47. The van der Waals surface area contributed by atoms with Crippen molar-refractivity contribution in [3.63, 3.8) is 0 Å². The molecular weight excluding hydrogens is 478 g/mol. The van der Waals surface area contributed by atoms with Crippen LogP contribution in [0, 0.1) is 0 Å². The monoisotopic (exact) mass is 513 g/mol. The number of hydrogen-bond donors (Lipinski definition) is 5. The summed E-state index contributed by atoms with van der Waals surface area (Å²) in [5.74, 6) is 1.37. The van der Waals surface area contributed by atoms with E-state index in [9.17, 15) is 10.2 Å². The van der Waals surface area contributed by atoms with Crippen LogP contribution in [-0.4, -0.2) is 80.3 Å². The Morgan fingerprint density at radius 3 is 2.51 bits per heavy atom. The molecule has 2 aliphatic carbocycles. The van der Waals surface area contributed by atoms with Crippen LogP contribution in [0.1, 0.15) is 76.4 Å². The lowest BCUT2D eigenvalue weighted by Crippen LogP contribution is -2.33. The van der Waals surface area contributed by atoms with Gasteiger partial charge in [-0.05, 0) is 50.7 Å². The van der Waals surface area contributed by atoms with Gasteiger partial charge in [0.15, 0.2) is 29.3 Å². The third kappa shape index (κ3) is 4.74. The minimum Gasteiger partial charge on any atom is -0.387 e. The van der Waals surface area contributed by atoms with Crippen molar-refractivity contribution in [2.75, 3.05) is 10.6 Å². The molecule has 3 aromatic heterocycles. The van der Waals surface area contributed by atoms with Crippen LogP contribution in [0.5, 0.6) is 0 Å². The van der Waals surface area contributed by atoms with Gasteiger partial charge >= 0.3 is 0 Å². The molecule has 6 rings (SSSR count). The molecule has 0 aromatic carbocycles. The Morgan fingerprint density at radius 2 is 1.78 bits per heavy atom. The summed E-state index contributed by atoms with van der Waals surface area (Å²) in [5, 5.41) is 41.0. The second-order valence-corrected chi connectivity index (χ2v) is 10.4. The first-order valence-corrected chi connectivity index (χ1v) is 13.3. The van der Waals surface area contributed by atoms with Crippen LogP contribution in [-0.2, 0) is 11.3 Å². The molecule has 4 atom stereocenters. The van der Waals surface area contributed by atoms with Crippen molar-refractivity contribution >= 4 is 22.9 Å². The normalized spacial score (nSPS) is 30.8. The smallest absolute Gasteiger partial charge is 0.227 e. The Labute approximate surface area is 214 Å². The molecule has 0 amide bonds. The van der Waals surface area contributed by atoms with Crippen LogP contribution in [0.4, 0.5) is 11.8 Å². The fourth-order valence-electron chi connectivity index (χ4n) is 5.58. The van der Waals surface area contributed by atoms with E-state index in [0.29, 0.717) is 35.5 Å². The Balaban J connectivity index is 1.33. The van der Waals surface area contributed by atoms with E-state index < -0.39 is 24.5 Å². The number of rotatable bonds is 7. The van der Waals surface area contributed by atoms with E-state index in [1.54, 1.807) is 10.9 Å². The number of nitrogens with one attached hydrogen (secondary N) is 2. The van der Waals surface area contributed by atoms with E-state index in [0.717, 1.165) is 38.5 Å². The minimum absolute atomic E-state index is 0.219. The Morgan fingerprint density at radius 1 is 1.03 bits per heavy atom. The lowest BCUT2D eigenvalue weighted by atomic mass is 9.92. The van der Waals surface area contributed by atoms with E-state index in [-0.39, 0.29) is 17.9 Å². The first kappa shape index (κ1) is 24.4. The van der Waals surface area contributed by atoms with Gasteiger partial charge in [0.1, 0.15) is 12.2 Å². The molecule has 1 saturated heterocycles. The molecule has 0 unspecified atom stereocenters. The molecule has 37 heavy (non-hydrogen) atoms. The summed E-state index contributed by atoms with van der Waals surface area (Å²) in [4.78, 5) is 15.6. The molecule has 3 aliphatic rings. The van der Waals surface area contributed by atoms with Gasteiger partial charge in [-0.2, -0.15) is 14.8 Å². The number of hydrogen-bond acceptors (Lipinski definition) is 12. The maximum atomic E-state index is 10.9. The molecule has 4 heterocycles. The van der Waals surface area contributed by atoms with E-state index in [1.807, 2.05) is 6.92 Å². The first-order chi connectivity index (χ1) is 18.0. The molecular formula is C23H35N11O3. The number of aryl methyl sites for hydroxylation is 1. The van der Waals surface area contributed by atoms with Crippen molar-refractivity contribution in [1.29, 1.82) is 0 Å². The van der Waals surface area contributed by atoms with Crippen LogP contribution in [0.2, 0.25) is 0 Å². The quantitative estimate of drug-likeness (QED) is 0.300. The maximum Gasteiger partial charge on any atom is 0.227 e. The van der Waals surface area contributed by atoms with Crippen LogP contribution in [0.3, 0.4) is 0 Å². The molecule has 0 radical (unpaired) electrons. The summed E-state index contributed by atoms with van der Waals surface area (Å²) in [7, 11) is 0. The Hall–Kier alpha value is -2.94. The van der Waals surface area contributed by atoms with Gasteiger partial charge in [-0.25, -0.2) is 4.98 Å². The highest BCUT2D eigenvalue weighted by molar-refractivity contribution is 5.84. The van der Waals surface area contributed by atoms with Gasteiger partial charge in [-0.15, -0.1) is 10.2 Å². The second kappa shape index (κ2) is 10.1. The summed E-state index contributed by atoms with van der Waals surface area (Å²) in [6, 6.07) is 0.812. The molecule has 14 heteroatoms. The number of aliphatic hydroxyl groups excluding tert-OH is 2. The molecule has 0 spiro atoms. The van der Waals surface area contributed by atoms with Gasteiger partial charge in [0.05, 0.1) is 12.9 Å². The van der Waals surface area contributed by atoms with Crippen molar-refractivity contribution in [3.05, 3.63) is 12.2 Å². The predicted octanol–water partition coefficient (Wildman–Crippen LogP) is 0.861. The van der Waals surface area contributed by atoms with Crippen molar-refractivity contribution in [2.45, 2.75) is 108 Å². The number of aromatic nitrogens is 8. The van der Waals surface area contributed by atoms with Gasteiger partial charge in [-0.3, -0.25) is 4.57 Å². The summed E-state index contributed by atoms with van der Waals surface area (Å²) in [6.07, 6.45) is 5.60. The number of nitrogens with two attached hydrogens (primary N) is 1. The molecule has 2 saturated carbocycles. The van der Waals surface area contributed by atoms with Crippen molar-refractivity contribution < 1.29 is 14.9 Å². The molecule has 200 valence electrons. The number of ether oxygens (including phenoxy) is 1. The van der Waals surface area contributed by atoms with E-state index >= 15 is 0 Å². The van der Waals surface area contributed by atoms with Gasteiger partial charge in [-0.1, -0.05) is 12.8 Å². The maximum absolute atomic E-state index is 10.9. The van der Waals surface area contributed by atoms with Crippen LogP contribution in [0.15, 0.2) is 6.33 Å². The number of tetrazole rings is 1. The molecule has 6 N–H and O–H groups in total.